The molecule has 0 radical (unpaired) electrons. The number of rotatable bonds is 9. The van der Waals surface area contributed by atoms with Crippen LogP contribution in [-0.2, 0) is 22.6 Å². The summed E-state index contributed by atoms with van der Waals surface area (Å²) in [7, 11) is 0. The first-order chi connectivity index (χ1) is 12.5. The Bertz CT molecular complexity index is 702. The van der Waals surface area contributed by atoms with E-state index in [1.54, 1.807) is 24.3 Å². The molecule has 0 spiro atoms. The van der Waals surface area contributed by atoms with Crippen LogP contribution in [0.4, 0.5) is 4.79 Å². The third kappa shape index (κ3) is 7.23. The van der Waals surface area contributed by atoms with Gasteiger partial charge in [-0.15, -0.1) is 0 Å². The highest BCUT2D eigenvalue weighted by Crippen LogP contribution is 2.13. The zero-order valence-electron chi connectivity index (χ0n) is 14.1. The van der Waals surface area contributed by atoms with Crippen molar-refractivity contribution in [1.82, 2.24) is 5.32 Å². The van der Waals surface area contributed by atoms with Gasteiger partial charge in [0.15, 0.2) is 0 Å². The number of benzene rings is 2. The molecular formula is C19H21NO6. The predicted octanol–water partition coefficient (Wildman–Crippen LogP) is 1.98. The Morgan fingerprint density at radius 1 is 1.00 bits per heavy atom. The number of carbonyl (C=O) groups excluding carboxylic acids is 1. The SMILES string of the molecule is O=C(O)Cc1ccc(OCC(O)CNC(=O)OCc2ccccc2)cc1. The summed E-state index contributed by atoms with van der Waals surface area (Å²) >= 11 is 0. The van der Waals surface area contributed by atoms with Gasteiger partial charge in [0.1, 0.15) is 25.1 Å². The van der Waals surface area contributed by atoms with Crippen molar-refractivity contribution in [3.63, 3.8) is 0 Å². The molecule has 1 atom stereocenters. The van der Waals surface area contributed by atoms with Gasteiger partial charge in [0.25, 0.3) is 0 Å². The quantitative estimate of drug-likeness (QED) is 0.632. The number of carbonyl (C=O) groups is 2. The molecule has 2 aromatic rings. The number of carboxylic acid groups (broad SMARTS) is 1. The number of aliphatic hydroxyl groups excluding tert-OH is 1. The third-order valence-electron chi connectivity index (χ3n) is 3.42. The molecule has 138 valence electrons. The standard InChI is InChI=1S/C19H21NO6/c21-16(11-20-19(24)26-12-15-4-2-1-3-5-15)13-25-17-8-6-14(7-9-17)10-18(22)23/h1-9,16,21H,10-13H2,(H,20,24)(H,22,23). The van der Waals surface area contributed by atoms with Crippen LogP contribution in [0.3, 0.4) is 0 Å². The van der Waals surface area contributed by atoms with E-state index in [1.165, 1.54) is 0 Å². The number of hydrogen-bond acceptors (Lipinski definition) is 5. The van der Waals surface area contributed by atoms with Crippen LogP contribution in [-0.4, -0.2) is 41.5 Å². The Balaban J connectivity index is 1.64. The molecule has 0 aliphatic rings. The van der Waals surface area contributed by atoms with Crippen molar-refractivity contribution in [2.75, 3.05) is 13.2 Å². The van der Waals surface area contributed by atoms with Crippen LogP contribution >= 0.6 is 0 Å². The van der Waals surface area contributed by atoms with Crippen LogP contribution in [0.2, 0.25) is 0 Å². The molecule has 0 aromatic heterocycles. The molecule has 0 fully saturated rings. The topological polar surface area (TPSA) is 105 Å². The van der Waals surface area contributed by atoms with Crippen molar-refractivity contribution in [3.05, 3.63) is 65.7 Å². The molecule has 26 heavy (non-hydrogen) atoms. The molecule has 0 saturated heterocycles. The summed E-state index contributed by atoms with van der Waals surface area (Å²) < 4.78 is 10.4. The zero-order valence-corrected chi connectivity index (χ0v) is 14.1. The van der Waals surface area contributed by atoms with Crippen LogP contribution in [0.25, 0.3) is 0 Å². The highest BCUT2D eigenvalue weighted by molar-refractivity contribution is 5.70. The van der Waals surface area contributed by atoms with E-state index in [1.807, 2.05) is 30.3 Å². The van der Waals surface area contributed by atoms with E-state index in [2.05, 4.69) is 5.32 Å². The van der Waals surface area contributed by atoms with Gasteiger partial charge in [-0.3, -0.25) is 4.79 Å². The molecule has 3 N–H and O–H groups in total. The van der Waals surface area contributed by atoms with Crippen molar-refractivity contribution in [2.24, 2.45) is 0 Å². The number of aliphatic hydroxyl groups is 1. The summed E-state index contributed by atoms with van der Waals surface area (Å²) in [5.41, 5.74) is 1.53. The average Bonchev–Trinajstić information content (AvgIpc) is 2.64. The van der Waals surface area contributed by atoms with Crippen LogP contribution < -0.4 is 10.1 Å². The van der Waals surface area contributed by atoms with Crippen molar-refractivity contribution in [2.45, 2.75) is 19.1 Å². The van der Waals surface area contributed by atoms with Crippen molar-refractivity contribution in [3.8, 4) is 5.75 Å². The Kier molecular flexibility index (Phi) is 7.45. The summed E-state index contributed by atoms with van der Waals surface area (Å²) in [6, 6.07) is 15.8. The number of nitrogens with one attached hydrogen (secondary N) is 1. The van der Waals surface area contributed by atoms with E-state index >= 15 is 0 Å². The van der Waals surface area contributed by atoms with Gasteiger partial charge < -0.3 is 25.0 Å². The van der Waals surface area contributed by atoms with Gasteiger partial charge in [-0.1, -0.05) is 42.5 Å². The molecule has 2 aromatic carbocycles. The van der Waals surface area contributed by atoms with E-state index < -0.39 is 18.2 Å². The smallest absolute Gasteiger partial charge is 0.407 e. The van der Waals surface area contributed by atoms with E-state index in [9.17, 15) is 14.7 Å². The zero-order chi connectivity index (χ0) is 18.8. The van der Waals surface area contributed by atoms with Gasteiger partial charge >= 0.3 is 12.1 Å². The van der Waals surface area contributed by atoms with Crippen molar-refractivity contribution in [1.29, 1.82) is 0 Å². The first-order valence-corrected chi connectivity index (χ1v) is 8.09. The Morgan fingerprint density at radius 2 is 1.69 bits per heavy atom. The second-order valence-electron chi connectivity index (χ2n) is 5.62. The maximum atomic E-state index is 11.6. The number of amides is 1. The fourth-order valence-electron chi connectivity index (χ4n) is 2.10. The summed E-state index contributed by atoms with van der Waals surface area (Å²) in [6.07, 6.45) is -1.58. The molecular weight excluding hydrogens is 338 g/mol. The van der Waals surface area contributed by atoms with Gasteiger partial charge in [0, 0.05) is 0 Å². The van der Waals surface area contributed by atoms with Crippen LogP contribution in [0.5, 0.6) is 5.75 Å². The van der Waals surface area contributed by atoms with Gasteiger partial charge in [-0.25, -0.2) is 4.79 Å². The molecule has 1 unspecified atom stereocenters. The van der Waals surface area contributed by atoms with Gasteiger partial charge in [0.2, 0.25) is 0 Å². The van der Waals surface area contributed by atoms with E-state index in [0.29, 0.717) is 11.3 Å². The second-order valence-corrected chi connectivity index (χ2v) is 5.62. The number of carboxylic acids is 1. The minimum absolute atomic E-state index is 0.00921. The summed E-state index contributed by atoms with van der Waals surface area (Å²) in [5, 5.41) is 21.0. The lowest BCUT2D eigenvalue weighted by atomic mass is 10.1. The molecule has 1 amide bonds. The summed E-state index contributed by atoms with van der Waals surface area (Å²) in [4.78, 5) is 22.2. The molecule has 7 nitrogen and oxygen atoms in total. The fraction of sp³-hybridized carbons (Fsp3) is 0.263. The van der Waals surface area contributed by atoms with Crippen LogP contribution in [0.15, 0.2) is 54.6 Å². The summed E-state index contributed by atoms with van der Waals surface area (Å²) in [6.45, 7) is 0.129. The molecule has 7 heteroatoms. The van der Waals surface area contributed by atoms with Gasteiger partial charge in [-0.2, -0.15) is 0 Å². The fourth-order valence-corrected chi connectivity index (χ4v) is 2.10. The number of aliphatic carboxylic acids is 1. The predicted molar refractivity (Wildman–Crippen MR) is 93.9 cm³/mol. The molecule has 0 bridgehead atoms. The molecule has 0 heterocycles. The highest BCUT2D eigenvalue weighted by atomic mass is 16.5. The Morgan fingerprint density at radius 3 is 2.35 bits per heavy atom. The third-order valence-corrected chi connectivity index (χ3v) is 3.42. The van der Waals surface area contributed by atoms with Gasteiger partial charge in [-0.05, 0) is 23.3 Å². The van der Waals surface area contributed by atoms with Crippen LogP contribution in [0.1, 0.15) is 11.1 Å². The van der Waals surface area contributed by atoms with Crippen molar-refractivity contribution >= 4 is 12.1 Å². The van der Waals surface area contributed by atoms with E-state index in [0.717, 1.165) is 5.56 Å². The average molecular weight is 359 g/mol. The second kappa shape index (κ2) is 10.0. The molecule has 2 rings (SSSR count). The minimum Gasteiger partial charge on any atom is -0.491 e. The lowest BCUT2D eigenvalue weighted by Crippen LogP contribution is -2.35. The maximum absolute atomic E-state index is 11.6. The Hall–Kier alpha value is -3.06. The monoisotopic (exact) mass is 359 g/mol. The van der Waals surface area contributed by atoms with E-state index in [-0.39, 0.29) is 26.2 Å². The molecule has 0 saturated carbocycles. The van der Waals surface area contributed by atoms with Crippen LogP contribution in [0, 0.1) is 0 Å². The lowest BCUT2D eigenvalue weighted by molar-refractivity contribution is -0.136. The molecule has 0 aliphatic heterocycles. The lowest BCUT2D eigenvalue weighted by Gasteiger charge is -2.13. The first kappa shape index (κ1) is 19.3. The minimum atomic E-state index is -0.905. The first-order valence-electron chi connectivity index (χ1n) is 8.09. The Labute approximate surface area is 151 Å². The number of alkyl carbamates (subject to hydrolysis) is 1. The maximum Gasteiger partial charge on any atom is 0.407 e. The molecule has 0 aliphatic carbocycles. The van der Waals surface area contributed by atoms with E-state index in [4.69, 9.17) is 14.6 Å². The van der Waals surface area contributed by atoms with Gasteiger partial charge in [0.05, 0.1) is 13.0 Å². The number of ether oxygens (including phenoxy) is 2. The van der Waals surface area contributed by atoms with Crippen molar-refractivity contribution < 1.29 is 29.3 Å². The largest absolute Gasteiger partial charge is 0.491 e. The highest BCUT2D eigenvalue weighted by Gasteiger charge is 2.09. The number of hydrogen-bond donors (Lipinski definition) is 3. The summed E-state index contributed by atoms with van der Waals surface area (Å²) in [5.74, 6) is -0.399. The normalized spacial score (nSPS) is 11.4.